The maximum atomic E-state index is 12.4. The van der Waals surface area contributed by atoms with Crippen LogP contribution in [-0.2, 0) is 4.79 Å². The summed E-state index contributed by atoms with van der Waals surface area (Å²) in [6, 6.07) is 26.8. The Labute approximate surface area is 173 Å². The van der Waals surface area contributed by atoms with E-state index in [4.69, 9.17) is 9.26 Å². The first-order valence-electron chi connectivity index (χ1n) is 9.78. The van der Waals surface area contributed by atoms with Gasteiger partial charge in [0.05, 0.1) is 5.92 Å². The zero-order chi connectivity index (χ0) is 20.3. The van der Waals surface area contributed by atoms with Gasteiger partial charge in [-0.3, -0.25) is 4.79 Å². The smallest absolute Gasteiger partial charge is 0.232 e. The topological polar surface area (TPSA) is 68.5 Å². The number of nitrogens with zero attached hydrogens (tertiary/aromatic N) is 3. The normalized spacial score (nSPS) is 16.1. The maximum absolute atomic E-state index is 12.4. The highest BCUT2D eigenvalue weighted by atomic mass is 16.5. The number of amides is 1. The van der Waals surface area contributed by atoms with Crippen molar-refractivity contribution in [1.29, 1.82) is 0 Å². The first-order chi connectivity index (χ1) is 14.8. The minimum absolute atomic E-state index is 0.0633. The van der Waals surface area contributed by atoms with E-state index in [1.165, 1.54) is 0 Å². The van der Waals surface area contributed by atoms with Crippen molar-refractivity contribution in [3.05, 3.63) is 90.8 Å². The molecule has 4 aromatic rings. The van der Waals surface area contributed by atoms with Crippen molar-refractivity contribution in [3.8, 4) is 22.9 Å². The molecule has 1 aliphatic heterocycles. The highest BCUT2D eigenvalue weighted by molar-refractivity contribution is 5.96. The lowest BCUT2D eigenvalue weighted by molar-refractivity contribution is -0.117. The number of para-hydroxylation sites is 2. The number of anilines is 1. The molecule has 2 heterocycles. The predicted molar refractivity (Wildman–Crippen MR) is 112 cm³/mol. The van der Waals surface area contributed by atoms with Crippen LogP contribution in [0, 0.1) is 0 Å². The molecule has 0 N–H and O–H groups in total. The Morgan fingerprint density at radius 2 is 1.53 bits per heavy atom. The molecule has 0 radical (unpaired) electrons. The molecule has 1 amide bonds. The fraction of sp³-hybridized carbons (Fsp3) is 0.125. The average molecular weight is 397 g/mol. The van der Waals surface area contributed by atoms with Crippen LogP contribution < -0.4 is 9.64 Å². The zero-order valence-electron chi connectivity index (χ0n) is 16.1. The largest absolute Gasteiger partial charge is 0.457 e. The van der Waals surface area contributed by atoms with E-state index >= 15 is 0 Å². The molecule has 6 nitrogen and oxygen atoms in total. The van der Waals surface area contributed by atoms with Crippen molar-refractivity contribution in [2.24, 2.45) is 0 Å². The van der Waals surface area contributed by atoms with E-state index in [1.54, 1.807) is 4.90 Å². The monoisotopic (exact) mass is 397 g/mol. The van der Waals surface area contributed by atoms with Gasteiger partial charge in [0.25, 0.3) is 0 Å². The van der Waals surface area contributed by atoms with Crippen LogP contribution in [0.2, 0.25) is 0 Å². The number of hydrogen-bond donors (Lipinski definition) is 0. The summed E-state index contributed by atoms with van der Waals surface area (Å²) in [5.74, 6) is 2.45. The molecule has 1 aromatic heterocycles. The van der Waals surface area contributed by atoms with E-state index in [-0.39, 0.29) is 11.8 Å². The van der Waals surface area contributed by atoms with Crippen LogP contribution in [0.1, 0.15) is 18.2 Å². The average Bonchev–Trinajstić information content (AvgIpc) is 3.43. The summed E-state index contributed by atoms with van der Waals surface area (Å²) in [5, 5.41) is 4.11. The van der Waals surface area contributed by atoms with Crippen molar-refractivity contribution in [1.82, 2.24) is 10.1 Å². The zero-order valence-corrected chi connectivity index (χ0v) is 16.1. The van der Waals surface area contributed by atoms with Crippen LogP contribution >= 0.6 is 0 Å². The second kappa shape index (κ2) is 7.83. The lowest BCUT2D eigenvalue weighted by atomic mass is 10.1. The molecule has 30 heavy (non-hydrogen) atoms. The minimum Gasteiger partial charge on any atom is -0.457 e. The van der Waals surface area contributed by atoms with Crippen molar-refractivity contribution >= 4 is 11.6 Å². The molecule has 1 aliphatic rings. The number of carbonyl (C=O) groups excluding carboxylic acids is 1. The van der Waals surface area contributed by atoms with E-state index in [0.717, 1.165) is 22.7 Å². The summed E-state index contributed by atoms with van der Waals surface area (Å²) in [6.45, 7) is 0.536. The van der Waals surface area contributed by atoms with Gasteiger partial charge in [-0.2, -0.15) is 4.98 Å². The molecular formula is C24H19N3O3. The Hall–Kier alpha value is -3.93. The molecule has 0 spiro atoms. The van der Waals surface area contributed by atoms with E-state index < -0.39 is 0 Å². The van der Waals surface area contributed by atoms with Crippen molar-refractivity contribution in [3.63, 3.8) is 0 Å². The number of rotatable bonds is 5. The van der Waals surface area contributed by atoms with E-state index in [0.29, 0.717) is 24.7 Å². The van der Waals surface area contributed by atoms with Crippen LogP contribution in [0.15, 0.2) is 89.5 Å². The van der Waals surface area contributed by atoms with Crippen LogP contribution in [0.3, 0.4) is 0 Å². The second-order valence-electron chi connectivity index (χ2n) is 7.14. The standard InChI is InChI=1S/C24H19N3O3/c28-22-15-18(16-27(22)19-7-3-1-4-8-19)24-25-23(26-30-24)17-11-13-21(14-12-17)29-20-9-5-2-6-10-20/h1-14,18H,15-16H2/t18-/m0/s1. The molecule has 0 aliphatic carbocycles. The number of hydrogen-bond acceptors (Lipinski definition) is 5. The van der Waals surface area contributed by atoms with Gasteiger partial charge in [-0.25, -0.2) is 0 Å². The Bertz CT molecular complexity index is 1140. The highest BCUT2D eigenvalue weighted by Gasteiger charge is 2.35. The number of benzene rings is 3. The van der Waals surface area contributed by atoms with Crippen molar-refractivity contribution in [2.75, 3.05) is 11.4 Å². The fourth-order valence-corrected chi connectivity index (χ4v) is 3.55. The number of carbonyl (C=O) groups is 1. The summed E-state index contributed by atoms with van der Waals surface area (Å²) in [6.07, 6.45) is 0.361. The van der Waals surface area contributed by atoms with Gasteiger partial charge < -0.3 is 14.2 Å². The summed E-state index contributed by atoms with van der Waals surface area (Å²) in [4.78, 5) is 18.8. The van der Waals surface area contributed by atoms with Crippen molar-refractivity contribution in [2.45, 2.75) is 12.3 Å². The van der Waals surface area contributed by atoms with Gasteiger partial charge in [-0.1, -0.05) is 41.6 Å². The first-order valence-corrected chi connectivity index (χ1v) is 9.78. The molecule has 148 valence electrons. The summed E-state index contributed by atoms with van der Waals surface area (Å²) in [5.41, 5.74) is 1.72. The molecular weight excluding hydrogens is 378 g/mol. The molecule has 6 heteroatoms. The van der Waals surface area contributed by atoms with Gasteiger partial charge in [0, 0.05) is 24.2 Å². The molecule has 0 saturated carbocycles. The lowest BCUT2D eigenvalue weighted by Crippen LogP contribution is -2.24. The summed E-state index contributed by atoms with van der Waals surface area (Å²) < 4.78 is 11.3. The van der Waals surface area contributed by atoms with Crippen LogP contribution in [0.25, 0.3) is 11.4 Å². The fourth-order valence-electron chi connectivity index (χ4n) is 3.55. The molecule has 1 saturated heterocycles. The Kier molecular flexibility index (Phi) is 4.73. The Balaban J connectivity index is 1.29. The molecule has 3 aromatic carbocycles. The molecule has 5 rings (SSSR count). The van der Waals surface area contributed by atoms with Gasteiger partial charge in [0.15, 0.2) is 0 Å². The Morgan fingerprint density at radius 1 is 0.867 bits per heavy atom. The van der Waals surface area contributed by atoms with E-state index in [2.05, 4.69) is 10.1 Å². The third-order valence-electron chi connectivity index (χ3n) is 5.08. The van der Waals surface area contributed by atoms with Crippen molar-refractivity contribution < 1.29 is 14.1 Å². The number of aromatic nitrogens is 2. The third kappa shape index (κ3) is 3.67. The number of ether oxygens (including phenoxy) is 1. The van der Waals surface area contributed by atoms with Crippen LogP contribution in [0.4, 0.5) is 5.69 Å². The van der Waals surface area contributed by atoms with Gasteiger partial charge in [0.1, 0.15) is 11.5 Å². The van der Waals surface area contributed by atoms with Gasteiger partial charge in [-0.15, -0.1) is 0 Å². The predicted octanol–water partition coefficient (Wildman–Crippen LogP) is 5.05. The van der Waals surface area contributed by atoms with E-state index in [1.807, 2.05) is 84.9 Å². The minimum atomic E-state index is -0.111. The first kappa shape index (κ1) is 18.1. The SMILES string of the molecule is O=C1C[C@H](c2nc(-c3ccc(Oc4ccccc4)cc3)no2)CN1c1ccccc1. The molecule has 1 atom stereocenters. The van der Waals surface area contributed by atoms with Gasteiger partial charge >= 0.3 is 0 Å². The molecule has 0 bridgehead atoms. The Morgan fingerprint density at radius 3 is 2.27 bits per heavy atom. The molecule has 0 unspecified atom stereocenters. The maximum Gasteiger partial charge on any atom is 0.232 e. The van der Waals surface area contributed by atoms with Gasteiger partial charge in [0.2, 0.25) is 17.6 Å². The van der Waals surface area contributed by atoms with E-state index in [9.17, 15) is 4.79 Å². The van der Waals surface area contributed by atoms with Gasteiger partial charge in [-0.05, 0) is 48.5 Å². The highest BCUT2D eigenvalue weighted by Crippen LogP contribution is 2.32. The lowest BCUT2D eigenvalue weighted by Gasteiger charge is -2.15. The van der Waals surface area contributed by atoms with Crippen LogP contribution in [0.5, 0.6) is 11.5 Å². The quantitative estimate of drug-likeness (QED) is 0.471. The molecule has 1 fully saturated rings. The summed E-state index contributed by atoms with van der Waals surface area (Å²) in [7, 11) is 0. The second-order valence-corrected chi connectivity index (χ2v) is 7.14. The van der Waals surface area contributed by atoms with Crippen LogP contribution in [-0.4, -0.2) is 22.6 Å². The summed E-state index contributed by atoms with van der Waals surface area (Å²) >= 11 is 0. The third-order valence-corrected chi connectivity index (χ3v) is 5.08.